The summed E-state index contributed by atoms with van der Waals surface area (Å²) in [6, 6.07) is 15.2. The fraction of sp³-hybridized carbons (Fsp3) is 0.261. The van der Waals surface area contributed by atoms with E-state index in [4.69, 9.17) is 11.6 Å². The van der Waals surface area contributed by atoms with Crippen LogP contribution in [0.15, 0.2) is 54.7 Å². The van der Waals surface area contributed by atoms with Crippen molar-refractivity contribution in [1.29, 1.82) is 0 Å². The Morgan fingerprint density at radius 1 is 1.23 bits per heavy atom. The minimum Gasteiger partial charge on any atom is -0.354 e. The molecule has 0 aliphatic carbocycles. The van der Waals surface area contributed by atoms with Crippen molar-refractivity contribution in [3.63, 3.8) is 0 Å². The maximum atomic E-state index is 12.9. The third-order valence-electron chi connectivity index (χ3n) is 5.17. The highest BCUT2D eigenvalue weighted by atomic mass is 35.5. The third-order valence-corrected chi connectivity index (χ3v) is 5.50. The number of rotatable bonds is 4. The minimum absolute atomic E-state index is 0.200. The lowest BCUT2D eigenvalue weighted by Crippen LogP contribution is -2.49. The molecule has 154 valence electrons. The second-order valence-corrected chi connectivity index (χ2v) is 7.87. The predicted octanol–water partition coefficient (Wildman–Crippen LogP) is 4.16. The smallest absolute Gasteiger partial charge is 0.257 e. The zero-order chi connectivity index (χ0) is 21.1. The molecule has 2 N–H and O–H groups in total. The molecule has 1 amide bonds. The van der Waals surface area contributed by atoms with Crippen molar-refractivity contribution in [2.75, 3.05) is 29.9 Å². The lowest BCUT2D eigenvalue weighted by molar-refractivity contribution is 0.102. The number of hydrogen-bond acceptors (Lipinski definition) is 5. The van der Waals surface area contributed by atoms with Crippen LogP contribution in [0.25, 0.3) is 11.3 Å². The van der Waals surface area contributed by atoms with Gasteiger partial charge in [-0.3, -0.25) is 9.78 Å². The van der Waals surface area contributed by atoms with E-state index >= 15 is 0 Å². The van der Waals surface area contributed by atoms with Crippen molar-refractivity contribution in [2.24, 2.45) is 0 Å². The number of halogens is 1. The molecular weight excluding hydrogens is 398 g/mol. The van der Waals surface area contributed by atoms with E-state index in [1.807, 2.05) is 43.3 Å². The molecule has 7 heteroatoms. The Morgan fingerprint density at radius 2 is 2.10 bits per heavy atom. The molecule has 2 aromatic heterocycles. The Balaban J connectivity index is 1.53. The maximum Gasteiger partial charge on any atom is 0.257 e. The first kappa shape index (κ1) is 20.3. The summed E-state index contributed by atoms with van der Waals surface area (Å²) < 4.78 is 0. The normalized spacial score (nSPS) is 16.4. The average molecular weight is 422 g/mol. The number of nitrogens with zero attached hydrogens (tertiary/aromatic N) is 3. The Hall–Kier alpha value is -2.96. The predicted molar refractivity (Wildman–Crippen MR) is 121 cm³/mol. The molecule has 1 aliphatic rings. The van der Waals surface area contributed by atoms with E-state index in [0.29, 0.717) is 28.0 Å². The van der Waals surface area contributed by atoms with Crippen molar-refractivity contribution < 1.29 is 4.79 Å². The number of carbonyl (C=O) groups is 1. The van der Waals surface area contributed by atoms with E-state index < -0.39 is 0 Å². The number of pyridine rings is 2. The molecule has 0 saturated carbocycles. The first-order chi connectivity index (χ1) is 14.5. The van der Waals surface area contributed by atoms with Crippen LogP contribution >= 0.6 is 11.6 Å². The summed E-state index contributed by atoms with van der Waals surface area (Å²) in [4.78, 5) is 24.2. The fourth-order valence-corrected chi connectivity index (χ4v) is 3.84. The second-order valence-electron chi connectivity index (χ2n) is 7.47. The van der Waals surface area contributed by atoms with Gasteiger partial charge in [-0.25, -0.2) is 4.98 Å². The first-order valence-electron chi connectivity index (χ1n) is 9.99. The van der Waals surface area contributed by atoms with Crippen LogP contribution < -0.4 is 15.5 Å². The molecule has 0 spiro atoms. The van der Waals surface area contributed by atoms with Crippen LogP contribution in [-0.4, -0.2) is 41.6 Å². The zero-order valence-corrected chi connectivity index (χ0v) is 17.8. The molecule has 3 aromatic rings. The zero-order valence-electron chi connectivity index (χ0n) is 17.0. The van der Waals surface area contributed by atoms with Crippen molar-refractivity contribution in [3.8, 4) is 11.3 Å². The van der Waals surface area contributed by atoms with Crippen molar-refractivity contribution in [3.05, 3.63) is 71.0 Å². The number of aromatic nitrogens is 2. The summed E-state index contributed by atoms with van der Waals surface area (Å²) in [7, 11) is 0. The van der Waals surface area contributed by atoms with Gasteiger partial charge in [0.1, 0.15) is 5.82 Å². The molecule has 3 heterocycles. The Labute approximate surface area is 181 Å². The van der Waals surface area contributed by atoms with E-state index in [0.717, 1.165) is 36.7 Å². The fourth-order valence-electron chi connectivity index (χ4n) is 3.62. The van der Waals surface area contributed by atoms with E-state index in [9.17, 15) is 4.79 Å². The molecule has 0 radical (unpaired) electrons. The van der Waals surface area contributed by atoms with Crippen molar-refractivity contribution in [1.82, 2.24) is 15.3 Å². The van der Waals surface area contributed by atoms with Gasteiger partial charge >= 0.3 is 0 Å². The molecular formula is C23H24ClN5O. The molecule has 30 heavy (non-hydrogen) atoms. The van der Waals surface area contributed by atoms with Crippen LogP contribution in [0.1, 0.15) is 23.0 Å². The molecule has 6 nitrogen and oxygen atoms in total. The van der Waals surface area contributed by atoms with Gasteiger partial charge in [-0.1, -0.05) is 17.7 Å². The van der Waals surface area contributed by atoms with Crippen LogP contribution in [0.3, 0.4) is 0 Å². The molecule has 1 saturated heterocycles. The van der Waals surface area contributed by atoms with Gasteiger partial charge in [-0.15, -0.1) is 0 Å². The summed E-state index contributed by atoms with van der Waals surface area (Å²) in [5.74, 6) is 0.704. The SMILES string of the molecule is Cc1nc(N2CCNC(C)C2)ccc1C(=O)Nc1ccc(Cl)c(-c2ccccn2)c1. The standard InChI is InChI=1S/C23H24ClN5O/c1-15-14-29(12-11-25-15)22-9-7-18(16(2)27-22)23(30)28-17-6-8-20(24)19(13-17)21-5-3-4-10-26-21/h3-10,13,15,25H,11-12,14H2,1-2H3,(H,28,30). The summed E-state index contributed by atoms with van der Waals surface area (Å²) in [5, 5.41) is 6.96. The number of benzene rings is 1. The van der Waals surface area contributed by atoms with Crippen LogP contribution in [0.2, 0.25) is 5.02 Å². The number of anilines is 2. The quantitative estimate of drug-likeness (QED) is 0.662. The highest BCUT2D eigenvalue weighted by Gasteiger charge is 2.19. The molecule has 0 bridgehead atoms. The molecule has 1 aliphatic heterocycles. The number of hydrogen-bond donors (Lipinski definition) is 2. The van der Waals surface area contributed by atoms with E-state index in [-0.39, 0.29) is 5.91 Å². The van der Waals surface area contributed by atoms with Crippen LogP contribution in [0, 0.1) is 6.92 Å². The van der Waals surface area contributed by atoms with Gasteiger partial charge in [0.25, 0.3) is 5.91 Å². The molecule has 4 rings (SSSR count). The van der Waals surface area contributed by atoms with Gasteiger partial charge < -0.3 is 15.5 Å². The monoisotopic (exact) mass is 421 g/mol. The highest BCUT2D eigenvalue weighted by Crippen LogP contribution is 2.29. The molecule has 1 atom stereocenters. The van der Waals surface area contributed by atoms with Crippen molar-refractivity contribution in [2.45, 2.75) is 19.9 Å². The van der Waals surface area contributed by atoms with E-state index in [2.05, 4.69) is 32.4 Å². The van der Waals surface area contributed by atoms with Gasteiger partial charge in [0.15, 0.2) is 0 Å². The van der Waals surface area contributed by atoms with Crippen molar-refractivity contribution >= 4 is 29.0 Å². The van der Waals surface area contributed by atoms with Gasteiger partial charge in [-0.2, -0.15) is 0 Å². The Morgan fingerprint density at radius 3 is 2.83 bits per heavy atom. The van der Waals surface area contributed by atoms with Crippen LogP contribution in [0.4, 0.5) is 11.5 Å². The lowest BCUT2D eigenvalue weighted by atomic mass is 10.1. The minimum atomic E-state index is -0.200. The van der Waals surface area contributed by atoms with Gasteiger partial charge in [0.2, 0.25) is 0 Å². The van der Waals surface area contributed by atoms with Gasteiger partial charge in [0, 0.05) is 43.1 Å². The van der Waals surface area contributed by atoms with E-state index in [1.165, 1.54) is 0 Å². The summed E-state index contributed by atoms with van der Waals surface area (Å²) in [6.07, 6.45) is 1.71. The number of nitrogens with one attached hydrogen (secondary N) is 2. The maximum absolute atomic E-state index is 12.9. The number of amides is 1. The molecule has 1 aromatic carbocycles. The average Bonchev–Trinajstić information content (AvgIpc) is 2.75. The van der Waals surface area contributed by atoms with Crippen LogP contribution in [0.5, 0.6) is 0 Å². The summed E-state index contributed by atoms with van der Waals surface area (Å²) in [5.41, 5.74) is 3.44. The second kappa shape index (κ2) is 8.81. The Kier molecular flexibility index (Phi) is 5.97. The number of carbonyl (C=O) groups excluding carboxylic acids is 1. The summed E-state index contributed by atoms with van der Waals surface area (Å²) in [6.45, 7) is 6.76. The summed E-state index contributed by atoms with van der Waals surface area (Å²) >= 11 is 6.34. The highest BCUT2D eigenvalue weighted by molar-refractivity contribution is 6.33. The number of aryl methyl sites for hydroxylation is 1. The van der Waals surface area contributed by atoms with Crippen LogP contribution in [-0.2, 0) is 0 Å². The molecule has 1 fully saturated rings. The Bertz CT molecular complexity index is 1060. The third kappa shape index (κ3) is 4.45. The van der Waals surface area contributed by atoms with E-state index in [1.54, 1.807) is 18.3 Å². The topological polar surface area (TPSA) is 70.2 Å². The molecule has 1 unspecified atom stereocenters. The lowest BCUT2D eigenvalue weighted by Gasteiger charge is -2.33. The first-order valence-corrected chi connectivity index (χ1v) is 10.4. The van der Waals surface area contributed by atoms with Gasteiger partial charge in [-0.05, 0) is 56.3 Å². The number of piperazine rings is 1. The largest absolute Gasteiger partial charge is 0.354 e. The van der Waals surface area contributed by atoms with Gasteiger partial charge in [0.05, 0.1) is 22.0 Å².